The fourth-order valence-electron chi connectivity index (χ4n) is 2.29. The van der Waals surface area contributed by atoms with E-state index in [-0.39, 0.29) is 11.6 Å². The van der Waals surface area contributed by atoms with Crippen LogP contribution in [0.1, 0.15) is 20.8 Å². The Bertz CT molecular complexity index is 335. The Hall–Kier alpha value is -0.870. The molecular formula is C12H21N3O. The standard InChI is InChI=1S/C12H20N3O/c1-9(2)10-8-14-7-6-12(3,4)13-11(14)15(10)16-5/h6,10H,1,7-8H2,2-5H3/q-1/p+1. The van der Waals surface area contributed by atoms with Crippen LogP contribution >= 0.6 is 0 Å². The number of hydrogen-bond acceptors (Lipinski definition) is 3. The lowest BCUT2D eigenvalue weighted by Gasteiger charge is -2.37. The third-order valence-electron chi connectivity index (χ3n) is 3.26. The van der Waals surface area contributed by atoms with E-state index in [0.29, 0.717) is 0 Å². The van der Waals surface area contributed by atoms with Crippen LogP contribution in [0.2, 0.25) is 0 Å². The second kappa shape index (κ2) is 3.86. The molecule has 0 saturated carbocycles. The van der Waals surface area contributed by atoms with E-state index in [1.807, 2.05) is 12.0 Å². The molecule has 1 saturated heterocycles. The van der Waals surface area contributed by atoms with Gasteiger partial charge >= 0.3 is 5.96 Å². The van der Waals surface area contributed by atoms with Crippen LogP contribution in [0.5, 0.6) is 0 Å². The van der Waals surface area contributed by atoms with Gasteiger partial charge in [0.25, 0.3) is 0 Å². The summed E-state index contributed by atoms with van der Waals surface area (Å²) in [5.41, 5.74) is 1.05. The third kappa shape index (κ3) is 1.87. The van der Waals surface area contributed by atoms with E-state index >= 15 is 0 Å². The van der Waals surface area contributed by atoms with Gasteiger partial charge < -0.3 is 0 Å². The maximum absolute atomic E-state index is 5.45. The monoisotopic (exact) mass is 223 g/mol. The molecule has 0 aliphatic carbocycles. The van der Waals surface area contributed by atoms with Crippen LogP contribution in [0.25, 0.3) is 0 Å². The number of nitrogens with zero attached hydrogens (tertiary/aromatic N) is 2. The average molecular weight is 223 g/mol. The quantitative estimate of drug-likeness (QED) is 0.529. The zero-order valence-corrected chi connectivity index (χ0v) is 10.6. The van der Waals surface area contributed by atoms with Crippen LogP contribution in [-0.2, 0) is 4.84 Å². The zero-order valence-electron chi connectivity index (χ0n) is 10.6. The summed E-state index contributed by atoms with van der Waals surface area (Å²) in [6.45, 7) is 12.3. The minimum absolute atomic E-state index is 0.0838. The summed E-state index contributed by atoms with van der Waals surface area (Å²) >= 11 is 0. The van der Waals surface area contributed by atoms with Gasteiger partial charge in [0, 0.05) is 0 Å². The summed E-state index contributed by atoms with van der Waals surface area (Å²) in [4.78, 5) is 11.6. The van der Waals surface area contributed by atoms with Crippen LogP contribution < -0.4 is 4.90 Å². The van der Waals surface area contributed by atoms with Crippen molar-refractivity contribution in [1.29, 1.82) is 0 Å². The third-order valence-corrected chi connectivity index (χ3v) is 3.26. The van der Waals surface area contributed by atoms with Crippen LogP contribution in [0, 0.1) is 6.42 Å². The number of quaternary nitrogens is 1. The topological polar surface area (TPSA) is 29.3 Å². The molecule has 90 valence electrons. The molecule has 2 rings (SSSR count). The highest BCUT2D eigenvalue weighted by atomic mass is 16.7. The molecule has 2 aliphatic heterocycles. The smallest absolute Gasteiger partial charge is 0.292 e. The molecule has 16 heavy (non-hydrogen) atoms. The highest BCUT2D eigenvalue weighted by molar-refractivity contribution is 5.74. The SMILES string of the molecule is C=C(C)C1C[NH+]2C[CH-]C(C)(C)N=C2N1OC. The highest BCUT2D eigenvalue weighted by Gasteiger charge is 2.42. The Morgan fingerprint density at radius 2 is 2.38 bits per heavy atom. The van der Waals surface area contributed by atoms with Crippen molar-refractivity contribution in [3.63, 3.8) is 0 Å². The van der Waals surface area contributed by atoms with E-state index in [1.165, 1.54) is 4.90 Å². The van der Waals surface area contributed by atoms with Crippen molar-refractivity contribution in [2.45, 2.75) is 32.4 Å². The number of rotatable bonds is 2. The summed E-state index contributed by atoms with van der Waals surface area (Å²) in [7, 11) is 1.70. The average Bonchev–Trinajstić information content (AvgIpc) is 2.53. The summed E-state index contributed by atoms with van der Waals surface area (Å²) in [6, 6.07) is 0.251. The number of hydroxylamine groups is 2. The summed E-state index contributed by atoms with van der Waals surface area (Å²) < 4.78 is 0. The van der Waals surface area contributed by atoms with Crippen molar-refractivity contribution in [3.05, 3.63) is 18.6 Å². The minimum atomic E-state index is -0.0838. The minimum Gasteiger partial charge on any atom is -0.292 e. The highest BCUT2D eigenvalue weighted by Crippen LogP contribution is 2.19. The first-order valence-electron chi connectivity index (χ1n) is 5.72. The summed E-state index contributed by atoms with van der Waals surface area (Å²) in [5, 5.41) is 1.91. The first-order chi connectivity index (χ1) is 7.44. The first kappa shape index (κ1) is 11.6. The van der Waals surface area contributed by atoms with Crippen molar-refractivity contribution < 1.29 is 9.74 Å². The van der Waals surface area contributed by atoms with E-state index in [1.54, 1.807) is 7.11 Å². The lowest BCUT2D eigenvalue weighted by molar-refractivity contribution is -0.798. The van der Waals surface area contributed by atoms with Gasteiger partial charge in [-0.15, -0.1) is 0 Å². The predicted molar refractivity (Wildman–Crippen MR) is 64.0 cm³/mol. The van der Waals surface area contributed by atoms with Crippen molar-refractivity contribution in [3.8, 4) is 0 Å². The molecule has 0 aromatic carbocycles. The molecular weight excluding hydrogens is 202 g/mol. The van der Waals surface area contributed by atoms with Gasteiger partial charge in [0.2, 0.25) is 0 Å². The molecule has 0 bridgehead atoms. The fraction of sp³-hybridized carbons (Fsp3) is 0.667. The molecule has 1 fully saturated rings. The van der Waals surface area contributed by atoms with Gasteiger partial charge in [0.05, 0.1) is 7.11 Å². The molecule has 2 atom stereocenters. The normalized spacial score (nSPS) is 32.2. The number of nitrogens with one attached hydrogen (secondary N) is 1. The second-order valence-corrected chi connectivity index (χ2v) is 5.18. The number of aliphatic imine (C=N–C) groups is 1. The molecule has 0 radical (unpaired) electrons. The molecule has 2 heterocycles. The molecule has 0 amide bonds. The molecule has 4 heteroatoms. The fourth-order valence-corrected chi connectivity index (χ4v) is 2.29. The molecule has 0 aromatic rings. The van der Waals surface area contributed by atoms with Crippen molar-refractivity contribution >= 4 is 5.96 Å². The van der Waals surface area contributed by atoms with Gasteiger partial charge in [-0.25, -0.2) is 11.4 Å². The number of guanidine groups is 1. The molecule has 2 aliphatic rings. The van der Waals surface area contributed by atoms with Gasteiger partial charge in [0.15, 0.2) is 0 Å². The van der Waals surface area contributed by atoms with E-state index in [4.69, 9.17) is 9.83 Å². The maximum Gasteiger partial charge on any atom is 0.319 e. The summed E-state index contributed by atoms with van der Waals surface area (Å²) in [5.74, 6) is 1.02. The van der Waals surface area contributed by atoms with Crippen LogP contribution in [0.4, 0.5) is 0 Å². The van der Waals surface area contributed by atoms with E-state index in [0.717, 1.165) is 24.6 Å². The van der Waals surface area contributed by atoms with E-state index in [9.17, 15) is 0 Å². The Kier molecular flexibility index (Phi) is 2.80. The number of fused-ring (bicyclic) bond motifs is 1. The van der Waals surface area contributed by atoms with Gasteiger partial charge in [0.1, 0.15) is 12.6 Å². The van der Waals surface area contributed by atoms with Gasteiger partial charge in [-0.2, -0.15) is 5.06 Å². The van der Waals surface area contributed by atoms with Crippen LogP contribution in [-0.4, -0.2) is 42.8 Å². The molecule has 0 spiro atoms. The Balaban J connectivity index is 2.30. The molecule has 1 N–H and O–H groups in total. The largest absolute Gasteiger partial charge is 0.319 e. The Morgan fingerprint density at radius 1 is 1.69 bits per heavy atom. The van der Waals surface area contributed by atoms with E-state index in [2.05, 4.69) is 26.8 Å². The second-order valence-electron chi connectivity index (χ2n) is 5.18. The Morgan fingerprint density at radius 3 is 2.94 bits per heavy atom. The van der Waals surface area contributed by atoms with Crippen molar-refractivity contribution in [2.75, 3.05) is 20.2 Å². The summed E-state index contributed by atoms with van der Waals surface area (Å²) in [6.07, 6.45) is 2.26. The molecule has 2 unspecified atom stereocenters. The van der Waals surface area contributed by atoms with Gasteiger partial charge in [-0.1, -0.05) is 26.0 Å². The van der Waals surface area contributed by atoms with Gasteiger partial charge in [-0.3, -0.25) is 9.74 Å². The molecule has 4 nitrogen and oxygen atoms in total. The first-order valence-corrected chi connectivity index (χ1v) is 5.72. The predicted octanol–water partition coefficient (Wildman–Crippen LogP) is 0.0455. The zero-order chi connectivity index (χ0) is 11.9. The van der Waals surface area contributed by atoms with Gasteiger partial charge in [-0.05, 0) is 19.0 Å². The number of hydrogen-bond donors (Lipinski definition) is 1. The lowest BCUT2D eigenvalue weighted by atomic mass is 10.0. The van der Waals surface area contributed by atoms with Crippen molar-refractivity contribution in [2.24, 2.45) is 4.99 Å². The van der Waals surface area contributed by atoms with Crippen LogP contribution in [0.15, 0.2) is 17.1 Å². The van der Waals surface area contributed by atoms with E-state index < -0.39 is 0 Å². The Labute approximate surface area is 97.5 Å². The maximum atomic E-state index is 5.45. The van der Waals surface area contributed by atoms with Crippen LogP contribution in [0.3, 0.4) is 0 Å². The lowest BCUT2D eigenvalue weighted by Crippen LogP contribution is -3.14. The van der Waals surface area contributed by atoms with Crippen molar-refractivity contribution in [1.82, 2.24) is 5.06 Å². The molecule has 0 aromatic heterocycles.